The highest BCUT2D eigenvalue weighted by Crippen LogP contribution is 2.36. The molecule has 2 heteroatoms. The van der Waals surface area contributed by atoms with Crippen molar-refractivity contribution in [3.05, 3.63) is 35.9 Å². The van der Waals surface area contributed by atoms with Gasteiger partial charge in [0.15, 0.2) is 0 Å². The maximum Gasteiger partial charge on any atom is 0.0724 e. The van der Waals surface area contributed by atoms with E-state index in [1.807, 2.05) is 6.07 Å². The van der Waals surface area contributed by atoms with Crippen LogP contribution in [0.2, 0.25) is 0 Å². The van der Waals surface area contributed by atoms with Gasteiger partial charge in [-0.15, -0.1) is 0 Å². The monoisotopic (exact) mass is 261 g/mol. The van der Waals surface area contributed by atoms with Gasteiger partial charge in [0.05, 0.1) is 12.7 Å². The van der Waals surface area contributed by atoms with Gasteiger partial charge in [0.2, 0.25) is 0 Å². The fourth-order valence-electron chi connectivity index (χ4n) is 3.26. The molecule has 1 fully saturated rings. The van der Waals surface area contributed by atoms with Crippen LogP contribution in [0, 0.1) is 0 Å². The van der Waals surface area contributed by atoms with E-state index < -0.39 is 0 Å². The lowest BCUT2D eigenvalue weighted by Gasteiger charge is -2.41. The van der Waals surface area contributed by atoms with Crippen LogP contribution in [0.25, 0.3) is 0 Å². The predicted octanol–water partition coefficient (Wildman–Crippen LogP) is 3.85. The van der Waals surface area contributed by atoms with E-state index in [0.717, 1.165) is 19.6 Å². The Morgan fingerprint density at radius 3 is 2.37 bits per heavy atom. The predicted molar refractivity (Wildman–Crippen MR) is 80.2 cm³/mol. The van der Waals surface area contributed by atoms with Gasteiger partial charge >= 0.3 is 0 Å². The molecule has 1 saturated heterocycles. The fraction of sp³-hybridized carbons (Fsp3) is 0.647. The molecular formula is C17H27NO. The minimum absolute atomic E-state index is 0.203. The largest absolute Gasteiger partial charge is 0.372 e. The molecule has 0 saturated carbocycles. The van der Waals surface area contributed by atoms with Crippen LogP contribution in [0.5, 0.6) is 0 Å². The Bertz CT molecular complexity index is 405. The highest BCUT2D eigenvalue weighted by molar-refractivity contribution is 5.13. The van der Waals surface area contributed by atoms with E-state index in [1.54, 1.807) is 0 Å². The van der Waals surface area contributed by atoms with Crippen molar-refractivity contribution in [2.24, 2.45) is 0 Å². The number of hydrogen-bond donors (Lipinski definition) is 0. The average Bonchev–Trinajstić information content (AvgIpc) is 2.63. The van der Waals surface area contributed by atoms with Crippen molar-refractivity contribution in [1.29, 1.82) is 0 Å². The Morgan fingerprint density at radius 1 is 1.21 bits per heavy atom. The Labute approximate surface area is 117 Å². The normalized spacial score (nSPS) is 23.7. The standard InChI is InChI=1S/C17H27NO/c1-16(2,3)18-12-15(11-17(18,4)5)19-13-14-9-7-6-8-10-14/h6-10,15H,11-13H2,1-5H3. The second kappa shape index (κ2) is 5.26. The molecule has 1 aliphatic rings. The maximum atomic E-state index is 6.11. The van der Waals surface area contributed by atoms with Crippen LogP contribution in [0.15, 0.2) is 30.3 Å². The Balaban J connectivity index is 1.94. The summed E-state index contributed by atoms with van der Waals surface area (Å²) in [4.78, 5) is 2.57. The van der Waals surface area contributed by atoms with Crippen LogP contribution in [-0.2, 0) is 11.3 Å². The lowest BCUT2D eigenvalue weighted by molar-refractivity contribution is 0.0334. The van der Waals surface area contributed by atoms with E-state index in [0.29, 0.717) is 6.10 Å². The quantitative estimate of drug-likeness (QED) is 0.819. The molecule has 0 aromatic heterocycles. The molecule has 0 aliphatic carbocycles. The second-order valence-electron chi connectivity index (χ2n) is 7.22. The Kier molecular flexibility index (Phi) is 4.03. The number of likely N-dealkylation sites (tertiary alicyclic amines) is 1. The molecule has 1 aromatic rings. The summed E-state index contributed by atoms with van der Waals surface area (Å²) in [5.41, 5.74) is 1.68. The molecule has 0 bridgehead atoms. The molecule has 2 rings (SSSR count). The van der Waals surface area contributed by atoms with Crippen molar-refractivity contribution in [2.45, 2.75) is 64.8 Å². The van der Waals surface area contributed by atoms with E-state index in [4.69, 9.17) is 4.74 Å². The molecule has 106 valence electrons. The molecule has 1 unspecified atom stereocenters. The molecule has 1 atom stereocenters. The summed E-state index contributed by atoms with van der Waals surface area (Å²) in [6.45, 7) is 13.3. The lowest BCUT2D eigenvalue weighted by atomic mass is 9.96. The third kappa shape index (κ3) is 3.58. The molecule has 0 spiro atoms. The van der Waals surface area contributed by atoms with E-state index in [2.05, 4.69) is 63.8 Å². The summed E-state index contributed by atoms with van der Waals surface area (Å²) in [5, 5.41) is 0. The zero-order chi connectivity index (χ0) is 14.1. The van der Waals surface area contributed by atoms with Crippen LogP contribution in [0.3, 0.4) is 0 Å². The zero-order valence-corrected chi connectivity index (χ0v) is 12.9. The summed E-state index contributed by atoms with van der Waals surface area (Å²) in [6.07, 6.45) is 1.45. The molecule has 19 heavy (non-hydrogen) atoms. The Morgan fingerprint density at radius 2 is 1.84 bits per heavy atom. The molecular weight excluding hydrogens is 234 g/mol. The smallest absolute Gasteiger partial charge is 0.0724 e. The number of hydrogen-bond acceptors (Lipinski definition) is 2. The molecule has 0 N–H and O–H groups in total. The summed E-state index contributed by atoms with van der Waals surface area (Å²) >= 11 is 0. The van der Waals surface area contributed by atoms with Gasteiger partial charge in [-0.05, 0) is 46.6 Å². The number of ether oxygens (including phenoxy) is 1. The first-order valence-corrected chi connectivity index (χ1v) is 7.22. The molecule has 2 nitrogen and oxygen atoms in total. The van der Waals surface area contributed by atoms with Crippen LogP contribution >= 0.6 is 0 Å². The minimum Gasteiger partial charge on any atom is -0.372 e. The number of benzene rings is 1. The average molecular weight is 261 g/mol. The van der Waals surface area contributed by atoms with Gasteiger partial charge in [0, 0.05) is 17.6 Å². The van der Waals surface area contributed by atoms with Crippen LogP contribution in [0.1, 0.15) is 46.6 Å². The van der Waals surface area contributed by atoms with Crippen LogP contribution < -0.4 is 0 Å². The lowest BCUT2D eigenvalue weighted by Crippen LogP contribution is -2.50. The van der Waals surface area contributed by atoms with Gasteiger partial charge in [-0.25, -0.2) is 0 Å². The van der Waals surface area contributed by atoms with E-state index in [1.165, 1.54) is 5.56 Å². The van der Waals surface area contributed by atoms with E-state index in [-0.39, 0.29) is 11.1 Å². The third-order valence-corrected chi connectivity index (χ3v) is 3.98. The first kappa shape index (κ1) is 14.5. The van der Waals surface area contributed by atoms with E-state index in [9.17, 15) is 0 Å². The van der Waals surface area contributed by atoms with Gasteiger partial charge in [-0.1, -0.05) is 30.3 Å². The number of nitrogens with zero attached hydrogens (tertiary/aromatic N) is 1. The summed E-state index contributed by atoms with van der Waals surface area (Å²) in [6, 6.07) is 10.4. The summed E-state index contributed by atoms with van der Waals surface area (Å²) in [5.74, 6) is 0. The Hall–Kier alpha value is -0.860. The third-order valence-electron chi connectivity index (χ3n) is 3.98. The second-order valence-corrected chi connectivity index (χ2v) is 7.22. The zero-order valence-electron chi connectivity index (χ0n) is 12.9. The van der Waals surface area contributed by atoms with Crippen LogP contribution in [-0.4, -0.2) is 28.6 Å². The van der Waals surface area contributed by atoms with Gasteiger partial charge < -0.3 is 4.74 Å². The molecule has 1 aliphatic heterocycles. The molecule has 1 heterocycles. The van der Waals surface area contributed by atoms with Gasteiger partial charge in [-0.2, -0.15) is 0 Å². The van der Waals surface area contributed by atoms with Crippen molar-refractivity contribution in [3.8, 4) is 0 Å². The first-order chi connectivity index (χ1) is 8.79. The van der Waals surface area contributed by atoms with Crippen LogP contribution in [0.4, 0.5) is 0 Å². The van der Waals surface area contributed by atoms with Crippen molar-refractivity contribution in [1.82, 2.24) is 4.90 Å². The van der Waals surface area contributed by atoms with Crippen molar-refractivity contribution >= 4 is 0 Å². The molecule has 1 aromatic carbocycles. The highest BCUT2D eigenvalue weighted by Gasteiger charge is 2.43. The van der Waals surface area contributed by atoms with Gasteiger partial charge in [0.1, 0.15) is 0 Å². The highest BCUT2D eigenvalue weighted by atomic mass is 16.5. The van der Waals surface area contributed by atoms with E-state index >= 15 is 0 Å². The summed E-state index contributed by atoms with van der Waals surface area (Å²) < 4.78 is 6.11. The summed E-state index contributed by atoms with van der Waals surface area (Å²) in [7, 11) is 0. The molecule has 0 amide bonds. The topological polar surface area (TPSA) is 12.5 Å². The van der Waals surface area contributed by atoms with Gasteiger partial charge in [0.25, 0.3) is 0 Å². The van der Waals surface area contributed by atoms with Crippen molar-refractivity contribution in [3.63, 3.8) is 0 Å². The SMILES string of the molecule is CC(C)(C)N1CC(OCc2ccccc2)CC1(C)C. The van der Waals surface area contributed by atoms with Crippen molar-refractivity contribution < 1.29 is 4.74 Å². The first-order valence-electron chi connectivity index (χ1n) is 7.22. The van der Waals surface area contributed by atoms with Crippen molar-refractivity contribution in [2.75, 3.05) is 6.54 Å². The molecule has 0 radical (unpaired) electrons. The fourth-order valence-corrected chi connectivity index (χ4v) is 3.26. The minimum atomic E-state index is 0.203. The number of rotatable bonds is 3. The maximum absolute atomic E-state index is 6.11. The van der Waals surface area contributed by atoms with Gasteiger partial charge in [-0.3, -0.25) is 4.90 Å².